The molecule has 0 N–H and O–H groups in total. The first-order valence-electron chi connectivity index (χ1n) is 7.24. The number of hydrogen-bond acceptors (Lipinski definition) is 4. The van der Waals surface area contributed by atoms with Crippen molar-refractivity contribution in [1.82, 2.24) is 9.97 Å². The van der Waals surface area contributed by atoms with Gasteiger partial charge in [0.15, 0.2) is 0 Å². The lowest BCUT2D eigenvalue weighted by Crippen LogP contribution is -2.11. The third-order valence-electron chi connectivity index (χ3n) is 3.66. The molecular weight excluding hydrogens is 314 g/mol. The zero-order valence-corrected chi connectivity index (χ0v) is 14.7. The van der Waals surface area contributed by atoms with Gasteiger partial charge in [0.05, 0.1) is 5.39 Å². The highest BCUT2D eigenvalue weighted by atomic mass is 35.5. The van der Waals surface area contributed by atoms with Gasteiger partial charge in [-0.1, -0.05) is 36.8 Å². The molecule has 0 saturated carbocycles. The molecule has 0 saturated heterocycles. The zero-order valence-electron chi connectivity index (χ0n) is 13.1. The van der Waals surface area contributed by atoms with E-state index in [9.17, 15) is 0 Å². The number of anilines is 1. The lowest BCUT2D eigenvalue weighted by molar-refractivity contribution is 1.06. The summed E-state index contributed by atoms with van der Waals surface area (Å²) in [6, 6.07) is 8.63. The Morgan fingerprint density at radius 2 is 1.82 bits per heavy atom. The van der Waals surface area contributed by atoms with Crippen molar-refractivity contribution in [3.8, 4) is 11.1 Å². The van der Waals surface area contributed by atoms with Gasteiger partial charge in [-0.2, -0.15) is 4.98 Å². The maximum absolute atomic E-state index is 6.10. The van der Waals surface area contributed by atoms with E-state index >= 15 is 0 Å². The second-order valence-electron chi connectivity index (χ2n) is 5.51. The van der Waals surface area contributed by atoms with E-state index < -0.39 is 0 Å². The van der Waals surface area contributed by atoms with Gasteiger partial charge in [-0.3, -0.25) is 0 Å². The van der Waals surface area contributed by atoms with Crippen LogP contribution < -0.4 is 4.90 Å². The Kier molecular flexibility index (Phi) is 4.06. The van der Waals surface area contributed by atoms with Gasteiger partial charge in [0, 0.05) is 24.5 Å². The summed E-state index contributed by atoms with van der Waals surface area (Å²) in [7, 11) is 3.97. The van der Waals surface area contributed by atoms with Gasteiger partial charge in [-0.15, -0.1) is 11.3 Å². The first-order chi connectivity index (χ1) is 10.5. The molecule has 114 valence electrons. The minimum Gasteiger partial charge on any atom is -0.362 e. The van der Waals surface area contributed by atoms with Crippen LogP contribution in [0.3, 0.4) is 0 Å². The minimum absolute atomic E-state index is 0.301. The molecule has 5 heteroatoms. The fourth-order valence-electron chi connectivity index (χ4n) is 2.60. The Morgan fingerprint density at radius 3 is 2.41 bits per heavy atom. The van der Waals surface area contributed by atoms with Crippen molar-refractivity contribution in [2.75, 3.05) is 19.0 Å². The summed E-state index contributed by atoms with van der Waals surface area (Å²) in [5, 5.41) is 1.40. The minimum atomic E-state index is 0.301. The van der Waals surface area contributed by atoms with Crippen molar-refractivity contribution in [3.63, 3.8) is 0 Å². The Labute approximate surface area is 139 Å². The number of aromatic nitrogens is 2. The van der Waals surface area contributed by atoms with Gasteiger partial charge in [-0.05, 0) is 30.5 Å². The van der Waals surface area contributed by atoms with Crippen LogP contribution in [0.2, 0.25) is 5.28 Å². The molecule has 1 aromatic carbocycles. The highest BCUT2D eigenvalue weighted by molar-refractivity contribution is 7.19. The molecule has 22 heavy (non-hydrogen) atoms. The average Bonchev–Trinajstić information content (AvgIpc) is 2.85. The Balaban J connectivity index is 2.38. The summed E-state index contributed by atoms with van der Waals surface area (Å²) >= 11 is 7.80. The topological polar surface area (TPSA) is 29.0 Å². The van der Waals surface area contributed by atoms with Gasteiger partial charge < -0.3 is 4.90 Å². The van der Waals surface area contributed by atoms with Crippen LogP contribution in [-0.4, -0.2) is 24.1 Å². The predicted octanol–water partition coefficient (Wildman–Crippen LogP) is 4.95. The van der Waals surface area contributed by atoms with Gasteiger partial charge in [0.1, 0.15) is 10.6 Å². The van der Waals surface area contributed by atoms with Crippen LogP contribution in [-0.2, 0) is 6.42 Å². The van der Waals surface area contributed by atoms with Crippen molar-refractivity contribution in [3.05, 3.63) is 40.0 Å². The third kappa shape index (κ3) is 2.57. The molecule has 0 aliphatic carbocycles. The van der Waals surface area contributed by atoms with E-state index in [1.165, 1.54) is 21.6 Å². The molecule has 0 unspecified atom stereocenters. The summed E-state index contributed by atoms with van der Waals surface area (Å²) in [5.41, 5.74) is 3.71. The van der Waals surface area contributed by atoms with Gasteiger partial charge in [-0.25, -0.2) is 4.98 Å². The Hall–Kier alpha value is -1.65. The molecule has 0 amide bonds. The van der Waals surface area contributed by atoms with Crippen molar-refractivity contribution in [2.45, 2.75) is 20.3 Å². The van der Waals surface area contributed by atoms with Gasteiger partial charge >= 0.3 is 0 Å². The van der Waals surface area contributed by atoms with E-state index in [1.807, 2.05) is 19.0 Å². The summed E-state index contributed by atoms with van der Waals surface area (Å²) in [5.74, 6) is 0.876. The van der Waals surface area contributed by atoms with E-state index in [2.05, 4.69) is 48.1 Å². The molecule has 3 aromatic rings. The number of halogens is 1. The quantitative estimate of drug-likeness (QED) is 0.636. The number of nitrogens with zero attached hydrogens (tertiary/aromatic N) is 3. The number of hydrogen-bond donors (Lipinski definition) is 0. The normalized spacial score (nSPS) is 11.1. The fourth-order valence-corrected chi connectivity index (χ4v) is 3.94. The van der Waals surface area contributed by atoms with Crippen molar-refractivity contribution in [2.24, 2.45) is 0 Å². The summed E-state index contributed by atoms with van der Waals surface area (Å²) < 4.78 is 0. The Bertz CT molecular complexity index is 822. The molecule has 0 aliphatic heterocycles. The Morgan fingerprint density at radius 1 is 1.14 bits per heavy atom. The molecule has 0 spiro atoms. The monoisotopic (exact) mass is 331 g/mol. The molecule has 0 radical (unpaired) electrons. The molecule has 2 aromatic heterocycles. The van der Waals surface area contributed by atoms with Crippen LogP contribution in [0.1, 0.15) is 17.4 Å². The molecule has 0 fully saturated rings. The van der Waals surface area contributed by atoms with Crippen LogP contribution in [0.5, 0.6) is 0 Å². The second-order valence-corrected chi connectivity index (χ2v) is 6.93. The number of fused-ring (bicyclic) bond motifs is 1. The van der Waals surface area contributed by atoms with Crippen molar-refractivity contribution < 1.29 is 0 Å². The summed E-state index contributed by atoms with van der Waals surface area (Å²) in [4.78, 5) is 13.1. The number of aryl methyl sites for hydroxylation is 2. The van der Waals surface area contributed by atoms with Crippen molar-refractivity contribution in [1.29, 1.82) is 0 Å². The van der Waals surface area contributed by atoms with Gasteiger partial charge in [0.2, 0.25) is 5.28 Å². The van der Waals surface area contributed by atoms with Crippen LogP contribution in [0, 0.1) is 6.92 Å². The molecule has 0 aliphatic rings. The summed E-state index contributed by atoms with van der Waals surface area (Å²) in [6.45, 7) is 4.27. The molecule has 3 nitrogen and oxygen atoms in total. The third-order valence-corrected chi connectivity index (χ3v) is 5.06. The largest absolute Gasteiger partial charge is 0.362 e. The van der Waals surface area contributed by atoms with E-state index in [0.717, 1.165) is 22.5 Å². The maximum atomic E-state index is 6.10. The van der Waals surface area contributed by atoms with E-state index in [4.69, 9.17) is 11.6 Å². The molecule has 0 bridgehead atoms. The smallest absolute Gasteiger partial charge is 0.225 e. The van der Waals surface area contributed by atoms with Crippen molar-refractivity contribution >= 4 is 39.0 Å². The predicted molar refractivity (Wildman–Crippen MR) is 96.3 cm³/mol. The van der Waals surface area contributed by atoms with Crippen LogP contribution >= 0.6 is 22.9 Å². The zero-order chi connectivity index (χ0) is 15.9. The number of rotatable bonds is 3. The SMILES string of the molecule is CCc1sc2nc(Cl)nc(N(C)C)c2c1-c1ccc(C)cc1. The first-order valence-corrected chi connectivity index (χ1v) is 8.44. The number of benzene rings is 1. The first kappa shape index (κ1) is 15.3. The molecule has 3 rings (SSSR count). The van der Waals surface area contributed by atoms with E-state index in [1.54, 1.807) is 11.3 Å². The van der Waals surface area contributed by atoms with Crippen LogP contribution in [0.15, 0.2) is 24.3 Å². The lowest BCUT2D eigenvalue weighted by Gasteiger charge is -2.14. The van der Waals surface area contributed by atoms with Crippen LogP contribution in [0.25, 0.3) is 21.3 Å². The van der Waals surface area contributed by atoms with E-state index in [-0.39, 0.29) is 0 Å². The highest BCUT2D eigenvalue weighted by Gasteiger charge is 2.20. The fraction of sp³-hybridized carbons (Fsp3) is 0.294. The maximum Gasteiger partial charge on any atom is 0.225 e. The molecule has 0 atom stereocenters. The van der Waals surface area contributed by atoms with Crippen LogP contribution in [0.4, 0.5) is 5.82 Å². The lowest BCUT2D eigenvalue weighted by atomic mass is 10.0. The van der Waals surface area contributed by atoms with Gasteiger partial charge in [0.25, 0.3) is 0 Å². The van der Waals surface area contributed by atoms with E-state index in [0.29, 0.717) is 5.28 Å². The molecular formula is C17H18ClN3S. The highest BCUT2D eigenvalue weighted by Crippen LogP contribution is 2.42. The molecule has 2 heterocycles. The number of thiophene rings is 1. The summed E-state index contributed by atoms with van der Waals surface area (Å²) in [6.07, 6.45) is 0.967. The average molecular weight is 332 g/mol. The second kappa shape index (κ2) is 5.86. The standard InChI is InChI=1S/C17H18ClN3S/c1-5-12-13(11-8-6-10(2)7-9-11)14-15(21(3)4)19-17(18)20-16(14)22-12/h6-9H,5H2,1-4H3.